The van der Waals surface area contributed by atoms with Crippen LogP contribution in [0.2, 0.25) is 0 Å². The van der Waals surface area contributed by atoms with Gasteiger partial charge in [-0.25, -0.2) is 0 Å². The molecule has 92 valence electrons. The molecule has 4 nitrogen and oxygen atoms in total. The van der Waals surface area contributed by atoms with Crippen LogP contribution < -0.4 is 0 Å². The fourth-order valence-corrected chi connectivity index (χ4v) is 2.68. The highest BCUT2D eigenvalue weighted by atomic mass is 16.1. The van der Waals surface area contributed by atoms with Crippen molar-refractivity contribution in [3.8, 4) is 0 Å². The standard InChI is InChI=1S/C12H22N2O2/c1-9(15)11-6-7-12(10(2)16,13(3)4)8-14(11)5/h11H,6-8H2,1-5H3. The third-order valence-electron chi connectivity index (χ3n) is 3.86. The van der Waals surface area contributed by atoms with Crippen LogP contribution in [0.4, 0.5) is 0 Å². The van der Waals surface area contributed by atoms with Crippen LogP contribution in [-0.4, -0.2) is 60.6 Å². The summed E-state index contributed by atoms with van der Waals surface area (Å²) in [5.74, 6) is 0.379. The molecule has 16 heavy (non-hydrogen) atoms. The second-order valence-electron chi connectivity index (χ2n) is 5.06. The van der Waals surface area contributed by atoms with E-state index < -0.39 is 5.54 Å². The zero-order chi connectivity index (χ0) is 12.5. The molecule has 0 N–H and O–H groups in total. The summed E-state index contributed by atoms with van der Waals surface area (Å²) in [5.41, 5.74) is -0.416. The Kier molecular flexibility index (Phi) is 3.86. The predicted molar refractivity (Wildman–Crippen MR) is 63.4 cm³/mol. The van der Waals surface area contributed by atoms with Crippen LogP contribution >= 0.6 is 0 Å². The Labute approximate surface area is 97.6 Å². The van der Waals surface area contributed by atoms with Crippen molar-refractivity contribution in [1.29, 1.82) is 0 Å². The van der Waals surface area contributed by atoms with E-state index in [-0.39, 0.29) is 17.6 Å². The van der Waals surface area contributed by atoms with Gasteiger partial charge in [-0.15, -0.1) is 0 Å². The molecule has 4 heteroatoms. The number of piperidine rings is 1. The molecule has 2 unspecified atom stereocenters. The minimum absolute atomic E-state index is 0.0209. The third kappa shape index (κ3) is 2.18. The molecule has 0 aromatic heterocycles. The smallest absolute Gasteiger partial charge is 0.151 e. The molecule has 0 aliphatic carbocycles. The Morgan fingerprint density at radius 1 is 1.31 bits per heavy atom. The molecular formula is C12H22N2O2. The van der Waals surface area contributed by atoms with E-state index in [1.165, 1.54) is 0 Å². The van der Waals surface area contributed by atoms with Gasteiger partial charge in [0.1, 0.15) is 5.78 Å². The normalized spacial score (nSPS) is 31.8. The van der Waals surface area contributed by atoms with Gasteiger partial charge in [0.25, 0.3) is 0 Å². The zero-order valence-corrected chi connectivity index (χ0v) is 10.9. The van der Waals surface area contributed by atoms with Crippen LogP contribution in [-0.2, 0) is 9.59 Å². The first-order valence-corrected chi connectivity index (χ1v) is 5.70. The summed E-state index contributed by atoms with van der Waals surface area (Å²) in [5, 5.41) is 0. The van der Waals surface area contributed by atoms with E-state index in [0.29, 0.717) is 6.54 Å². The summed E-state index contributed by atoms with van der Waals surface area (Å²) in [6.45, 7) is 3.90. The molecule has 2 atom stereocenters. The number of carbonyl (C=O) groups excluding carboxylic acids is 2. The van der Waals surface area contributed by atoms with Crippen LogP contribution in [0.3, 0.4) is 0 Å². The Hall–Kier alpha value is -0.740. The lowest BCUT2D eigenvalue weighted by Crippen LogP contribution is -2.62. The minimum atomic E-state index is -0.416. The first-order chi connectivity index (χ1) is 7.31. The van der Waals surface area contributed by atoms with Crippen LogP contribution in [0.15, 0.2) is 0 Å². The number of nitrogens with zero attached hydrogens (tertiary/aromatic N) is 2. The second-order valence-corrected chi connectivity index (χ2v) is 5.06. The summed E-state index contributed by atoms with van der Waals surface area (Å²) < 4.78 is 0. The van der Waals surface area contributed by atoms with Gasteiger partial charge in [-0.1, -0.05) is 0 Å². The maximum absolute atomic E-state index is 11.8. The van der Waals surface area contributed by atoms with Gasteiger partial charge in [0.15, 0.2) is 5.78 Å². The average Bonchev–Trinajstić information content (AvgIpc) is 2.15. The highest BCUT2D eigenvalue weighted by molar-refractivity contribution is 5.87. The number of likely N-dealkylation sites (tertiary alicyclic amines) is 1. The summed E-state index contributed by atoms with van der Waals surface area (Å²) in [4.78, 5) is 27.2. The molecule has 1 rings (SSSR count). The third-order valence-corrected chi connectivity index (χ3v) is 3.86. The molecule has 1 aliphatic heterocycles. The molecule has 0 aromatic rings. The number of ketones is 2. The number of hydrogen-bond donors (Lipinski definition) is 0. The number of hydrogen-bond acceptors (Lipinski definition) is 4. The van der Waals surface area contributed by atoms with Gasteiger partial charge in [0.2, 0.25) is 0 Å². The molecule has 1 fully saturated rings. The summed E-state index contributed by atoms with van der Waals surface area (Å²) in [7, 11) is 5.79. The van der Waals surface area contributed by atoms with E-state index in [1.807, 2.05) is 30.9 Å². The fourth-order valence-electron chi connectivity index (χ4n) is 2.68. The van der Waals surface area contributed by atoms with Gasteiger partial charge in [0.05, 0.1) is 11.6 Å². The highest BCUT2D eigenvalue weighted by Gasteiger charge is 2.44. The lowest BCUT2D eigenvalue weighted by molar-refractivity contribution is -0.136. The number of carbonyl (C=O) groups is 2. The largest absolute Gasteiger partial charge is 0.298 e. The fraction of sp³-hybridized carbons (Fsp3) is 0.833. The summed E-state index contributed by atoms with van der Waals surface area (Å²) in [6.07, 6.45) is 1.54. The van der Waals surface area contributed by atoms with Crippen LogP contribution in [0, 0.1) is 0 Å². The van der Waals surface area contributed by atoms with Gasteiger partial charge in [0, 0.05) is 6.54 Å². The Balaban J connectivity index is 2.89. The topological polar surface area (TPSA) is 40.6 Å². The quantitative estimate of drug-likeness (QED) is 0.705. The van der Waals surface area contributed by atoms with E-state index in [0.717, 1.165) is 12.8 Å². The van der Waals surface area contributed by atoms with Crippen molar-refractivity contribution in [2.75, 3.05) is 27.7 Å². The Bertz CT molecular complexity index is 301. The van der Waals surface area contributed by atoms with E-state index in [1.54, 1.807) is 13.8 Å². The van der Waals surface area contributed by atoms with Crippen molar-refractivity contribution in [1.82, 2.24) is 9.80 Å². The zero-order valence-electron chi connectivity index (χ0n) is 10.9. The van der Waals surface area contributed by atoms with Crippen molar-refractivity contribution < 1.29 is 9.59 Å². The van der Waals surface area contributed by atoms with E-state index >= 15 is 0 Å². The van der Waals surface area contributed by atoms with E-state index in [2.05, 4.69) is 0 Å². The van der Waals surface area contributed by atoms with Crippen molar-refractivity contribution in [2.24, 2.45) is 0 Å². The average molecular weight is 226 g/mol. The SMILES string of the molecule is CC(=O)C1CCC(C(C)=O)(N(C)C)CN1C. The molecule has 1 saturated heterocycles. The molecule has 1 aliphatic rings. The summed E-state index contributed by atoms with van der Waals surface area (Å²) >= 11 is 0. The predicted octanol–water partition coefficient (Wildman–Crippen LogP) is 0.559. The number of rotatable bonds is 3. The maximum Gasteiger partial charge on any atom is 0.151 e. The molecule has 0 spiro atoms. The maximum atomic E-state index is 11.8. The van der Waals surface area contributed by atoms with Crippen LogP contribution in [0.25, 0.3) is 0 Å². The number of Topliss-reactive ketones (excluding diaryl/α,β-unsaturated/α-hetero) is 2. The minimum Gasteiger partial charge on any atom is -0.298 e. The first-order valence-electron chi connectivity index (χ1n) is 5.70. The van der Waals surface area contributed by atoms with Gasteiger partial charge < -0.3 is 0 Å². The molecule has 0 radical (unpaired) electrons. The second kappa shape index (κ2) is 4.63. The number of likely N-dealkylation sites (N-methyl/N-ethyl adjacent to an activating group) is 2. The van der Waals surface area contributed by atoms with Gasteiger partial charge in [-0.2, -0.15) is 0 Å². The van der Waals surface area contributed by atoms with Crippen molar-refractivity contribution >= 4 is 11.6 Å². The van der Waals surface area contributed by atoms with Gasteiger partial charge in [-0.05, 0) is 47.8 Å². The Morgan fingerprint density at radius 3 is 2.19 bits per heavy atom. The lowest BCUT2D eigenvalue weighted by atomic mass is 9.81. The molecule has 0 bridgehead atoms. The van der Waals surface area contributed by atoms with Crippen LogP contribution in [0.5, 0.6) is 0 Å². The first kappa shape index (κ1) is 13.3. The highest BCUT2D eigenvalue weighted by Crippen LogP contribution is 2.29. The molecule has 0 saturated carbocycles. The molecular weight excluding hydrogens is 204 g/mol. The monoisotopic (exact) mass is 226 g/mol. The van der Waals surface area contributed by atoms with Crippen LogP contribution in [0.1, 0.15) is 26.7 Å². The van der Waals surface area contributed by atoms with E-state index in [4.69, 9.17) is 0 Å². The van der Waals surface area contributed by atoms with Crippen molar-refractivity contribution in [2.45, 2.75) is 38.3 Å². The molecule has 0 aromatic carbocycles. The van der Waals surface area contributed by atoms with Crippen molar-refractivity contribution in [3.05, 3.63) is 0 Å². The van der Waals surface area contributed by atoms with E-state index in [9.17, 15) is 9.59 Å². The van der Waals surface area contributed by atoms with Gasteiger partial charge >= 0.3 is 0 Å². The lowest BCUT2D eigenvalue weighted by Gasteiger charge is -2.47. The Morgan fingerprint density at radius 2 is 1.88 bits per heavy atom. The molecule has 1 heterocycles. The molecule has 0 amide bonds. The van der Waals surface area contributed by atoms with Gasteiger partial charge in [-0.3, -0.25) is 19.4 Å². The van der Waals surface area contributed by atoms with Crippen molar-refractivity contribution in [3.63, 3.8) is 0 Å². The summed E-state index contributed by atoms with van der Waals surface area (Å²) in [6, 6.07) is -0.0209.